The van der Waals surface area contributed by atoms with Crippen molar-refractivity contribution in [1.29, 1.82) is 0 Å². The maximum absolute atomic E-state index is 12.2. The van der Waals surface area contributed by atoms with E-state index in [0.717, 1.165) is 29.5 Å². The largest absolute Gasteiger partial charge is 0.383 e. The molecule has 2 aromatic rings. The monoisotopic (exact) mass is 306 g/mol. The van der Waals surface area contributed by atoms with E-state index in [4.69, 9.17) is 0 Å². The number of para-hydroxylation sites is 1. The number of rotatable bonds is 4. The van der Waals surface area contributed by atoms with Crippen LogP contribution in [0, 0.1) is 0 Å². The Bertz CT molecular complexity index is 620. The molecule has 6 heteroatoms. The SMILES string of the molecule is CN(C(=O)C(O)C(O)c1nc2ccccc2s1)C1CCC1. The normalized spacial score (nSPS) is 18.2. The lowest BCUT2D eigenvalue weighted by atomic mass is 9.91. The number of benzene rings is 1. The summed E-state index contributed by atoms with van der Waals surface area (Å²) in [5.74, 6) is -0.438. The molecule has 1 fully saturated rings. The quantitative estimate of drug-likeness (QED) is 0.902. The van der Waals surface area contributed by atoms with E-state index < -0.39 is 18.1 Å². The van der Waals surface area contributed by atoms with E-state index in [9.17, 15) is 15.0 Å². The summed E-state index contributed by atoms with van der Waals surface area (Å²) in [5.41, 5.74) is 0.767. The molecule has 1 amide bonds. The number of likely N-dealkylation sites (N-methyl/N-ethyl adjacent to an activating group) is 1. The van der Waals surface area contributed by atoms with Crippen LogP contribution in [0.1, 0.15) is 30.4 Å². The number of aliphatic hydroxyl groups excluding tert-OH is 2. The Morgan fingerprint density at radius 2 is 2.10 bits per heavy atom. The molecule has 1 saturated carbocycles. The maximum atomic E-state index is 12.2. The van der Waals surface area contributed by atoms with Gasteiger partial charge in [0.2, 0.25) is 0 Å². The Kier molecular flexibility index (Phi) is 3.93. The number of nitrogens with zero attached hydrogens (tertiary/aromatic N) is 2. The highest BCUT2D eigenvalue weighted by Gasteiger charge is 2.34. The summed E-state index contributed by atoms with van der Waals surface area (Å²) >= 11 is 1.30. The molecule has 112 valence electrons. The number of hydrogen-bond acceptors (Lipinski definition) is 5. The maximum Gasteiger partial charge on any atom is 0.254 e. The van der Waals surface area contributed by atoms with Crippen LogP contribution < -0.4 is 0 Å². The van der Waals surface area contributed by atoms with Crippen LogP contribution in [0.3, 0.4) is 0 Å². The Morgan fingerprint density at radius 3 is 2.71 bits per heavy atom. The molecule has 2 N–H and O–H groups in total. The second kappa shape index (κ2) is 5.71. The van der Waals surface area contributed by atoms with Gasteiger partial charge in [0, 0.05) is 13.1 Å². The number of fused-ring (bicyclic) bond motifs is 1. The van der Waals surface area contributed by atoms with Crippen molar-refractivity contribution >= 4 is 27.5 Å². The van der Waals surface area contributed by atoms with Gasteiger partial charge in [0.15, 0.2) is 6.10 Å². The number of aromatic nitrogens is 1. The van der Waals surface area contributed by atoms with Crippen molar-refractivity contribution in [1.82, 2.24) is 9.88 Å². The Morgan fingerprint density at radius 1 is 1.38 bits per heavy atom. The number of hydrogen-bond donors (Lipinski definition) is 2. The van der Waals surface area contributed by atoms with Crippen molar-refractivity contribution in [3.8, 4) is 0 Å². The third-order valence-electron chi connectivity index (χ3n) is 4.09. The van der Waals surface area contributed by atoms with Gasteiger partial charge in [-0.1, -0.05) is 12.1 Å². The summed E-state index contributed by atoms with van der Waals surface area (Å²) in [6.45, 7) is 0. The summed E-state index contributed by atoms with van der Waals surface area (Å²) < 4.78 is 0.929. The van der Waals surface area contributed by atoms with Gasteiger partial charge in [-0.15, -0.1) is 11.3 Å². The molecule has 1 heterocycles. The van der Waals surface area contributed by atoms with Crippen molar-refractivity contribution in [2.75, 3.05) is 7.05 Å². The highest BCUT2D eigenvalue weighted by Crippen LogP contribution is 2.30. The third-order valence-corrected chi connectivity index (χ3v) is 5.19. The van der Waals surface area contributed by atoms with Crippen LogP contribution in [-0.4, -0.2) is 45.2 Å². The third kappa shape index (κ3) is 2.66. The zero-order chi connectivity index (χ0) is 15.0. The van der Waals surface area contributed by atoms with Crippen molar-refractivity contribution in [2.45, 2.75) is 37.5 Å². The topological polar surface area (TPSA) is 73.7 Å². The predicted octanol–water partition coefficient (Wildman–Crippen LogP) is 1.70. The number of thiazole rings is 1. The van der Waals surface area contributed by atoms with Gasteiger partial charge in [-0.2, -0.15) is 0 Å². The Labute approximate surface area is 126 Å². The van der Waals surface area contributed by atoms with Crippen LogP contribution in [-0.2, 0) is 4.79 Å². The van der Waals surface area contributed by atoms with E-state index >= 15 is 0 Å². The summed E-state index contributed by atoms with van der Waals surface area (Å²) in [7, 11) is 1.68. The molecule has 0 bridgehead atoms. The van der Waals surface area contributed by atoms with Gasteiger partial charge in [0.1, 0.15) is 11.1 Å². The van der Waals surface area contributed by atoms with Gasteiger partial charge >= 0.3 is 0 Å². The van der Waals surface area contributed by atoms with Gasteiger partial charge in [-0.3, -0.25) is 4.79 Å². The number of carbonyl (C=O) groups excluding carboxylic acids is 1. The second-order valence-electron chi connectivity index (χ2n) is 5.44. The lowest BCUT2D eigenvalue weighted by Gasteiger charge is -2.36. The molecule has 3 rings (SSSR count). The standard InChI is InChI=1S/C15H18N2O3S/c1-17(9-5-4-6-9)15(20)13(19)12(18)14-16-10-7-2-3-8-11(10)21-14/h2-3,7-9,12-13,18-19H,4-6H2,1H3. The molecule has 0 radical (unpaired) electrons. The van der Waals surface area contributed by atoms with Gasteiger partial charge in [-0.25, -0.2) is 4.98 Å². The predicted molar refractivity (Wildman–Crippen MR) is 81.0 cm³/mol. The molecule has 1 aliphatic carbocycles. The summed E-state index contributed by atoms with van der Waals surface area (Å²) in [6, 6.07) is 7.69. The van der Waals surface area contributed by atoms with Crippen LogP contribution >= 0.6 is 11.3 Å². The summed E-state index contributed by atoms with van der Waals surface area (Å²) in [5, 5.41) is 20.7. The zero-order valence-electron chi connectivity index (χ0n) is 11.8. The minimum absolute atomic E-state index is 0.190. The van der Waals surface area contributed by atoms with Crippen molar-refractivity contribution in [3.63, 3.8) is 0 Å². The molecular formula is C15H18N2O3S. The van der Waals surface area contributed by atoms with E-state index in [1.165, 1.54) is 11.3 Å². The van der Waals surface area contributed by atoms with Crippen molar-refractivity contribution < 1.29 is 15.0 Å². The number of aliphatic hydroxyl groups is 2. The Balaban J connectivity index is 1.76. The van der Waals surface area contributed by atoms with E-state index in [1.807, 2.05) is 24.3 Å². The fourth-order valence-corrected chi connectivity index (χ4v) is 3.43. The molecule has 5 nitrogen and oxygen atoms in total. The molecule has 21 heavy (non-hydrogen) atoms. The lowest BCUT2D eigenvalue weighted by molar-refractivity contribution is -0.148. The first-order valence-electron chi connectivity index (χ1n) is 7.06. The number of amides is 1. The molecule has 2 atom stereocenters. The first-order valence-corrected chi connectivity index (χ1v) is 7.88. The minimum Gasteiger partial charge on any atom is -0.383 e. The minimum atomic E-state index is -1.46. The molecule has 0 aliphatic heterocycles. The van der Waals surface area contributed by atoms with Gasteiger partial charge in [0.25, 0.3) is 5.91 Å². The Hall–Kier alpha value is -1.50. The molecule has 2 unspecified atom stereocenters. The fourth-order valence-electron chi connectivity index (χ4n) is 2.45. The van der Waals surface area contributed by atoms with Crippen LogP contribution in [0.25, 0.3) is 10.2 Å². The van der Waals surface area contributed by atoms with E-state index in [1.54, 1.807) is 11.9 Å². The number of carbonyl (C=O) groups is 1. The molecular weight excluding hydrogens is 288 g/mol. The van der Waals surface area contributed by atoms with E-state index in [2.05, 4.69) is 4.98 Å². The van der Waals surface area contributed by atoms with Gasteiger partial charge in [0.05, 0.1) is 10.2 Å². The average Bonchev–Trinajstić information content (AvgIpc) is 2.86. The van der Waals surface area contributed by atoms with Crippen molar-refractivity contribution in [2.24, 2.45) is 0 Å². The second-order valence-corrected chi connectivity index (χ2v) is 6.51. The highest BCUT2D eigenvalue weighted by atomic mass is 32.1. The molecule has 0 spiro atoms. The molecule has 1 aromatic heterocycles. The molecule has 1 aromatic carbocycles. The summed E-state index contributed by atoms with van der Waals surface area (Å²) in [4.78, 5) is 18.0. The molecule has 0 saturated heterocycles. The average molecular weight is 306 g/mol. The smallest absolute Gasteiger partial charge is 0.254 e. The first kappa shape index (κ1) is 14.4. The van der Waals surface area contributed by atoms with E-state index in [0.29, 0.717) is 5.01 Å². The van der Waals surface area contributed by atoms with Gasteiger partial charge < -0.3 is 15.1 Å². The fraction of sp³-hybridized carbons (Fsp3) is 0.467. The van der Waals surface area contributed by atoms with Crippen LogP contribution in [0.4, 0.5) is 0 Å². The zero-order valence-corrected chi connectivity index (χ0v) is 12.6. The van der Waals surface area contributed by atoms with Crippen LogP contribution in [0.5, 0.6) is 0 Å². The van der Waals surface area contributed by atoms with E-state index in [-0.39, 0.29) is 6.04 Å². The summed E-state index contributed by atoms with van der Waals surface area (Å²) in [6.07, 6.45) is 0.297. The molecule has 1 aliphatic rings. The first-order chi connectivity index (χ1) is 10.1. The van der Waals surface area contributed by atoms with Crippen molar-refractivity contribution in [3.05, 3.63) is 29.3 Å². The van der Waals surface area contributed by atoms with Crippen LogP contribution in [0.2, 0.25) is 0 Å². The highest BCUT2D eigenvalue weighted by molar-refractivity contribution is 7.18. The van der Waals surface area contributed by atoms with Crippen LogP contribution in [0.15, 0.2) is 24.3 Å². The lowest BCUT2D eigenvalue weighted by Crippen LogP contribution is -2.47. The van der Waals surface area contributed by atoms with Gasteiger partial charge in [-0.05, 0) is 31.4 Å².